The average Bonchev–Trinajstić information content (AvgIpc) is 2.14. The Morgan fingerprint density at radius 3 is 1.42 bits per heavy atom. The molecule has 0 radical (unpaired) electrons. The Morgan fingerprint density at radius 1 is 0.895 bits per heavy atom. The van der Waals surface area contributed by atoms with Gasteiger partial charge in [-0.05, 0) is 0 Å². The normalized spacial score (nSPS) is 17.4. The average molecular weight is 344 g/mol. The van der Waals surface area contributed by atoms with Gasteiger partial charge in [-0.25, -0.2) is 13.6 Å². The van der Waals surface area contributed by atoms with Crippen molar-refractivity contribution >= 4 is 21.1 Å². The molecule has 0 aromatic carbocycles. The molecule has 0 saturated heterocycles. The molecule has 1 unspecified atom stereocenters. The van der Waals surface area contributed by atoms with Crippen LogP contribution in [0, 0.1) is 0 Å². The molecule has 0 aromatic rings. The van der Waals surface area contributed by atoms with Crippen molar-refractivity contribution in [1.29, 1.82) is 0 Å². The van der Waals surface area contributed by atoms with Crippen LogP contribution >= 0.6 is 0 Å². The first-order chi connectivity index (χ1) is 7.94. The topological polar surface area (TPSA) is 100 Å². The van der Waals surface area contributed by atoms with Crippen LogP contribution in [0.15, 0.2) is 0 Å². The van der Waals surface area contributed by atoms with E-state index in [-0.39, 0.29) is 0 Å². The van der Waals surface area contributed by atoms with Crippen LogP contribution in [0.5, 0.6) is 0 Å². The smallest absolute Gasteiger partial charge is 0.426 e. The van der Waals surface area contributed by atoms with Crippen LogP contribution in [-0.2, 0) is 21.1 Å². The largest absolute Gasteiger partial charge is 0.768 e. The van der Waals surface area contributed by atoms with Gasteiger partial charge in [0.25, 0.3) is 10.0 Å². The molecule has 0 aliphatic carbocycles. The maximum atomic E-state index is 12.6. The highest BCUT2D eigenvalue weighted by atomic mass is 32.2. The van der Waals surface area contributed by atoms with Gasteiger partial charge in [0.05, 0.1) is 0 Å². The number of primary sulfonamides is 1. The highest BCUT2D eigenvalue weighted by Gasteiger charge is 2.84. The van der Waals surface area contributed by atoms with Crippen molar-refractivity contribution in [1.82, 2.24) is 0 Å². The van der Waals surface area contributed by atoms with Crippen LogP contribution in [-0.4, -0.2) is 39.5 Å². The van der Waals surface area contributed by atoms with Crippen molar-refractivity contribution in [2.75, 3.05) is 0 Å². The zero-order valence-corrected chi connectivity index (χ0v) is 9.68. The summed E-state index contributed by atoms with van der Waals surface area (Å²) in [5.41, 5.74) is 0. The first-order valence-electron chi connectivity index (χ1n) is 3.57. The maximum Gasteiger partial charge on any atom is 0.426 e. The Kier molecular flexibility index (Phi) is 4.36. The predicted molar refractivity (Wildman–Crippen MR) is 41.8 cm³/mol. The Bertz CT molecular complexity index is 487. The molecule has 0 rings (SSSR count). The van der Waals surface area contributed by atoms with Gasteiger partial charge in [-0.1, -0.05) is 0 Å². The number of hydrogen-bond donors (Lipinski definition) is 1. The van der Waals surface area contributed by atoms with E-state index < -0.39 is 43.5 Å². The van der Waals surface area contributed by atoms with Gasteiger partial charge in [-0.2, -0.15) is 35.1 Å². The number of rotatable bonds is 5. The van der Waals surface area contributed by atoms with E-state index in [4.69, 9.17) is 0 Å². The minimum absolute atomic E-state index is 3.53. The first kappa shape index (κ1) is 18.5. The minimum Gasteiger partial charge on any atom is -0.768 e. The molecule has 19 heavy (non-hydrogen) atoms. The molecule has 5 nitrogen and oxygen atoms in total. The molecule has 0 aliphatic heterocycles. The van der Waals surface area contributed by atoms with E-state index in [1.807, 2.05) is 0 Å². The molecular weight excluding hydrogens is 342 g/mol. The molecular formula is C4H2F8NO4S2-. The number of halogens is 8. The minimum atomic E-state index is -7.28. The maximum absolute atomic E-state index is 12.6. The van der Waals surface area contributed by atoms with Crippen LogP contribution < -0.4 is 5.14 Å². The van der Waals surface area contributed by atoms with Crippen molar-refractivity contribution in [2.24, 2.45) is 5.14 Å². The van der Waals surface area contributed by atoms with E-state index in [9.17, 15) is 52.3 Å². The fraction of sp³-hybridized carbons (Fsp3) is 1.00. The van der Waals surface area contributed by atoms with Crippen molar-refractivity contribution in [2.45, 2.75) is 22.4 Å². The zero-order valence-electron chi connectivity index (χ0n) is 8.05. The predicted octanol–water partition coefficient (Wildman–Crippen LogP) is 0.610. The summed E-state index contributed by atoms with van der Waals surface area (Å²) < 4.78 is 140. The SMILES string of the molecule is NS(=O)(=O)C(F)(F)C(F)(F)C(F)(F)C(F)(F)S(=O)[O-]. The van der Waals surface area contributed by atoms with Crippen LogP contribution in [0.1, 0.15) is 0 Å². The van der Waals surface area contributed by atoms with Crippen LogP contribution in [0.4, 0.5) is 35.1 Å². The van der Waals surface area contributed by atoms with Gasteiger partial charge in [0.15, 0.2) is 0 Å². The van der Waals surface area contributed by atoms with E-state index >= 15 is 0 Å². The van der Waals surface area contributed by atoms with Crippen LogP contribution in [0.25, 0.3) is 0 Å². The Morgan fingerprint density at radius 2 is 1.21 bits per heavy atom. The molecule has 116 valence electrons. The first-order valence-corrected chi connectivity index (χ1v) is 6.19. The highest BCUT2D eigenvalue weighted by Crippen LogP contribution is 2.54. The molecule has 1 atom stereocenters. The monoisotopic (exact) mass is 344 g/mol. The molecule has 0 bridgehead atoms. The Balaban J connectivity index is 6.14. The fourth-order valence-corrected chi connectivity index (χ4v) is 1.47. The quantitative estimate of drug-likeness (QED) is 0.583. The molecule has 0 saturated carbocycles. The number of hydrogen-bond acceptors (Lipinski definition) is 4. The highest BCUT2D eigenvalue weighted by molar-refractivity contribution is 7.90. The molecule has 0 aromatic heterocycles. The summed E-state index contributed by atoms with van der Waals surface area (Å²) in [6.45, 7) is 0. The summed E-state index contributed by atoms with van der Waals surface area (Å²) in [6.07, 6.45) is 0. The fourth-order valence-electron chi connectivity index (χ4n) is 0.649. The van der Waals surface area contributed by atoms with Crippen molar-refractivity contribution in [3.8, 4) is 0 Å². The molecule has 0 fully saturated rings. The van der Waals surface area contributed by atoms with Crippen LogP contribution in [0.2, 0.25) is 0 Å². The lowest BCUT2D eigenvalue weighted by atomic mass is 10.2. The summed E-state index contributed by atoms with van der Waals surface area (Å²) in [6, 6.07) is 0. The zero-order chi connectivity index (χ0) is 16.1. The molecule has 2 N–H and O–H groups in total. The molecule has 0 spiro atoms. The lowest BCUT2D eigenvalue weighted by Crippen LogP contribution is -2.66. The molecule has 0 heterocycles. The Hall–Kier alpha value is -0.540. The molecule has 0 amide bonds. The summed E-state index contributed by atoms with van der Waals surface area (Å²) >= 11 is -5.24. The van der Waals surface area contributed by atoms with Crippen LogP contribution in [0.3, 0.4) is 0 Å². The molecule has 0 aliphatic rings. The standard InChI is InChI=1S/C4H3F8NO4S2/c5-1(6,3(9,10)18(14)15)2(7,8)4(11,12)19(13,16)17/h(H,14,15)(H2,13,16,17)/p-1. The van der Waals surface area contributed by atoms with Crippen molar-refractivity contribution in [3.63, 3.8) is 0 Å². The van der Waals surface area contributed by atoms with Gasteiger partial charge in [-0.3, -0.25) is 4.21 Å². The van der Waals surface area contributed by atoms with Gasteiger partial charge in [-0.15, -0.1) is 0 Å². The second-order valence-corrected chi connectivity index (χ2v) is 5.55. The van der Waals surface area contributed by atoms with Gasteiger partial charge in [0, 0.05) is 11.1 Å². The van der Waals surface area contributed by atoms with Crippen molar-refractivity contribution < 1.29 is 52.3 Å². The van der Waals surface area contributed by atoms with E-state index in [1.54, 1.807) is 0 Å². The van der Waals surface area contributed by atoms with Crippen molar-refractivity contribution in [3.05, 3.63) is 0 Å². The van der Waals surface area contributed by atoms with E-state index in [0.717, 1.165) is 0 Å². The number of alkyl halides is 8. The van der Waals surface area contributed by atoms with E-state index in [2.05, 4.69) is 5.14 Å². The third-order valence-corrected chi connectivity index (χ3v) is 3.34. The second-order valence-electron chi connectivity index (χ2n) is 2.96. The molecule has 15 heteroatoms. The third-order valence-electron chi connectivity index (χ3n) is 1.69. The van der Waals surface area contributed by atoms with E-state index in [1.165, 1.54) is 0 Å². The lowest BCUT2D eigenvalue weighted by Gasteiger charge is -2.36. The second kappa shape index (κ2) is 4.49. The van der Waals surface area contributed by atoms with Gasteiger partial charge in [0.1, 0.15) is 0 Å². The Labute approximate surface area is 102 Å². The summed E-state index contributed by atoms with van der Waals surface area (Å²) in [5.74, 6) is -14.5. The summed E-state index contributed by atoms with van der Waals surface area (Å²) in [7, 11) is -6.73. The van der Waals surface area contributed by atoms with E-state index in [0.29, 0.717) is 0 Å². The summed E-state index contributed by atoms with van der Waals surface area (Å²) in [4.78, 5) is 0. The summed E-state index contributed by atoms with van der Waals surface area (Å²) in [5, 5.41) is -9.96. The van der Waals surface area contributed by atoms with Gasteiger partial charge in [0.2, 0.25) is 0 Å². The third kappa shape index (κ3) is 2.43. The number of nitrogens with two attached hydrogens (primary N) is 1. The van der Waals surface area contributed by atoms with Gasteiger partial charge >= 0.3 is 22.4 Å². The number of sulfonamides is 1. The lowest BCUT2D eigenvalue weighted by molar-refractivity contribution is -0.325. The van der Waals surface area contributed by atoms with Gasteiger partial charge < -0.3 is 4.55 Å².